The van der Waals surface area contributed by atoms with E-state index in [4.69, 9.17) is 0 Å². The van der Waals surface area contributed by atoms with Crippen LogP contribution in [0, 0.1) is 6.92 Å². The molecule has 0 unspecified atom stereocenters. The Balaban J connectivity index is 1.68. The number of pyridine rings is 1. The number of nitrogens with one attached hydrogen (secondary N) is 2. The van der Waals surface area contributed by atoms with Gasteiger partial charge in [-0.25, -0.2) is 4.98 Å². The van der Waals surface area contributed by atoms with Crippen molar-refractivity contribution in [2.45, 2.75) is 38.9 Å². The Labute approximate surface area is 158 Å². The zero-order valence-electron chi connectivity index (χ0n) is 15.6. The molecule has 0 saturated carbocycles. The Kier molecular flexibility index (Phi) is 6.08. The van der Waals surface area contributed by atoms with Crippen molar-refractivity contribution >= 4 is 11.8 Å². The van der Waals surface area contributed by atoms with E-state index in [0.717, 1.165) is 11.3 Å². The van der Waals surface area contributed by atoms with Crippen molar-refractivity contribution in [2.24, 2.45) is 0 Å². The summed E-state index contributed by atoms with van der Waals surface area (Å²) in [4.78, 5) is 39.3. The smallest absolute Gasteiger partial charge is 0.271 e. The van der Waals surface area contributed by atoms with Gasteiger partial charge in [0.25, 0.3) is 5.91 Å². The first kappa shape index (κ1) is 18.9. The summed E-state index contributed by atoms with van der Waals surface area (Å²) in [6.07, 6.45) is 7.07. The minimum atomic E-state index is -0.285. The van der Waals surface area contributed by atoms with Crippen molar-refractivity contribution in [2.75, 3.05) is 13.1 Å². The van der Waals surface area contributed by atoms with E-state index in [9.17, 15) is 9.59 Å². The molecule has 0 radical (unpaired) electrons. The Hall–Kier alpha value is -2.87. The lowest BCUT2D eigenvalue weighted by Gasteiger charge is -2.23. The summed E-state index contributed by atoms with van der Waals surface area (Å²) in [6.45, 7) is 5.51. The fraction of sp³-hybridized carbons (Fsp3) is 0.421. The molecule has 0 aliphatic carbocycles. The third kappa shape index (κ3) is 4.85. The molecule has 1 aliphatic heterocycles. The maximum atomic E-state index is 12.5. The third-order valence-corrected chi connectivity index (χ3v) is 4.54. The highest BCUT2D eigenvalue weighted by Gasteiger charge is 2.37. The van der Waals surface area contributed by atoms with E-state index >= 15 is 0 Å². The van der Waals surface area contributed by atoms with Gasteiger partial charge >= 0.3 is 0 Å². The first-order valence-corrected chi connectivity index (χ1v) is 9.07. The summed E-state index contributed by atoms with van der Waals surface area (Å²) in [5.41, 5.74) is 2.12. The lowest BCUT2D eigenvalue weighted by atomic mass is 10.1. The normalized spacial score (nSPS) is 19.6. The maximum Gasteiger partial charge on any atom is 0.271 e. The highest BCUT2D eigenvalue weighted by Crippen LogP contribution is 2.21. The SMILES string of the molecule is CCNC(=O)[C@@H]1C[C@H](NC(=O)c2cnc(C)cn2)CN1Cc1ccncc1. The third-order valence-electron chi connectivity index (χ3n) is 4.54. The number of hydrogen-bond donors (Lipinski definition) is 2. The van der Waals surface area contributed by atoms with E-state index in [2.05, 4.69) is 30.5 Å². The number of nitrogens with zero attached hydrogens (tertiary/aromatic N) is 4. The van der Waals surface area contributed by atoms with Crippen molar-refractivity contribution in [3.8, 4) is 0 Å². The van der Waals surface area contributed by atoms with Gasteiger partial charge < -0.3 is 10.6 Å². The summed E-state index contributed by atoms with van der Waals surface area (Å²) >= 11 is 0. The average molecular weight is 368 g/mol. The lowest BCUT2D eigenvalue weighted by Crippen LogP contribution is -2.42. The molecule has 142 valence electrons. The van der Waals surface area contributed by atoms with Gasteiger partial charge in [-0.15, -0.1) is 0 Å². The minimum absolute atomic E-state index is 0.0153. The number of rotatable bonds is 6. The zero-order chi connectivity index (χ0) is 19.2. The highest BCUT2D eigenvalue weighted by molar-refractivity contribution is 5.92. The van der Waals surface area contributed by atoms with E-state index in [1.54, 1.807) is 18.6 Å². The molecule has 2 atom stereocenters. The van der Waals surface area contributed by atoms with Gasteiger partial charge in [0.1, 0.15) is 5.69 Å². The van der Waals surface area contributed by atoms with Gasteiger partial charge in [0.2, 0.25) is 5.91 Å². The van der Waals surface area contributed by atoms with Crippen LogP contribution in [0.1, 0.15) is 35.1 Å². The molecule has 0 spiro atoms. The second-order valence-corrected chi connectivity index (χ2v) is 6.64. The predicted molar refractivity (Wildman–Crippen MR) is 99.8 cm³/mol. The van der Waals surface area contributed by atoms with Gasteiger partial charge in [-0.1, -0.05) is 0 Å². The van der Waals surface area contributed by atoms with Crippen molar-refractivity contribution in [3.63, 3.8) is 0 Å². The van der Waals surface area contributed by atoms with E-state index in [-0.39, 0.29) is 29.6 Å². The van der Waals surface area contributed by atoms with Gasteiger partial charge in [0.15, 0.2) is 0 Å². The molecule has 1 saturated heterocycles. The summed E-state index contributed by atoms with van der Waals surface area (Å²) in [5.74, 6) is -0.286. The Morgan fingerprint density at radius 2 is 2.00 bits per heavy atom. The minimum Gasteiger partial charge on any atom is -0.355 e. The molecule has 2 amide bonds. The van der Waals surface area contributed by atoms with E-state index in [1.807, 2.05) is 26.0 Å². The molecular formula is C19H24N6O2. The first-order chi connectivity index (χ1) is 13.1. The number of carbonyl (C=O) groups is 2. The van der Waals surface area contributed by atoms with Gasteiger partial charge in [0.05, 0.1) is 17.9 Å². The molecule has 3 heterocycles. The van der Waals surface area contributed by atoms with Crippen LogP contribution in [0.3, 0.4) is 0 Å². The molecular weight excluding hydrogens is 344 g/mol. The monoisotopic (exact) mass is 368 g/mol. The van der Waals surface area contributed by atoms with Crippen LogP contribution in [0.25, 0.3) is 0 Å². The van der Waals surface area contributed by atoms with Crippen LogP contribution in [-0.4, -0.2) is 56.8 Å². The predicted octanol–water partition coefficient (Wildman–Crippen LogP) is 0.689. The topological polar surface area (TPSA) is 100 Å². The van der Waals surface area contributed by atoms with Crippen molar-refractivity contribution in [1.82, 2.24) is 30.5 Å². The molecule has 8 heteroatoms. The Bertz CT molecular complexity index is 781. The standard InChI is InChI=1S/C19H24N6O2/c1-3-21-19(27)17-8-15(12-25(17)11-14-4-6-20-7-5-14)24-18(26)16-10-22-13(2)9-23-16/h4-7,9-10,15,17H,3,8,11-12H2,1-2H3,(H,21,27)(H,24,26)/t15-,17-/m0/s1. The summed E-state index contributed by atoms with van der Waals surface area (Å²) in [7, 11) is 0. The zero-order valence-corrected chi connectivity index (χ0v) is 15.6. The molecule has 2 N–H and O–H groups in total. The number of likely N-dealkylation sites (tertiary alicyclic amines) is 1. The van der Waals surface area contributed by atoms with Crippen LogP contribution < -0.4 is 10.6 Å². The number of likely N-dealkylation sites (N-methyl/N-ethyl adjacent to an activating group) is 1. The number of aromatic nitrogens is 3. The quantitative estimate of drug-likeness (QED) is 0.778. The molecule has 0 aromatic carbocycles. The maximum absolute atomic E-state index is 12.5. The molecule has 8 nitrogen and oxygen atoms in total. The summed E-state index contributed by atoms with van der Waals surface area (Å²) < 4.78 is 0. The van der Waals surface area contributed by atoms with Crippen LogP contribution in [0.15, 0.2) is 36.9 Å². The summed E-state index contributed by atoms with van der Waals surface area (Å²) in [6, 6.07) is 3.45. The van der Waals surface area contributed by atoms with Crippen LogP contribution >= 0.6 is 0 Å². The van der Waals surface area contributed by atoms with E-state index in [0.29, 0.717) is 26.1 Å². The van der Waals surface area contributed by atoms with E-state index < -0.39 is 0 Å². The van der Waals surface area contributed by atoms with Gasteiger partial charge in [-0.05, 0) is 38.0 Å². The Morgan fingerprint density at radius 3 is 2.67 bits per heavy atom. The molecule has 1 aliphatic rings. The number of aryl methyl sites for hydroxylation is 1. The van der Waals surface area contributed by atoms with Crippen molar-refractivity contribution in [1.29, 1.82) is 0 Å². The molecule has 0 bridgehead atoms. The second kappa shape index (κ2) is 8.68. The molecule has 3 rings (SSSR count). The highest BCUT2D eigenvalue weighted by atomic mass is 16.2. The molecule has 27 heavy (non-hydrogen) atoms. The Morgan fingerprint density at radius 1 is 1.22 bits per heavy atom. The lowest BCUT2D eigenvalue weighted by molar-refractivity contribution is -0.125. The fourth-order valence-electron chi connectivity index (χ4n) is 3.24. The average Bonchev–Trinajstić information content (AvgIpc) is 3.05. The number of carbonyl (C=O) groups excluding carboxylic acids is 2. The number of amides is 2. The first-order valence-electron chi connectivity index (χ1n) is 9.07. The van der Waals surface area contributed by atoms with Gasteiger partial charge in [0, 0.05) is 44.3 Å². The second-order valence-electron chi connectivity index (χ2n) is 6.64. The fourth-order valence-corrected chi connectivity index (χ4v) is 3.24. The van der Waals surface area contributed by atoms with Crippen LogP contribution in [-0.2, 0) is 11.3 Å². The van der Waals surface area contributed by atoms with Crippen molar-refractivity contribution < 1.29 is 9.59 Å². The van der Waals surface area contributed by atoms with Crippen LogP contribution in [0.2, 0.25) is 0 Å². The van der Waals surface area contributed by atoms with Gasteiger partial charge in [-0.2, -0.15) is 0 Å². The van der Waals surface area contributed by atoms with Gasteiger partial charge in [-0.3, -0.25) is 24.5 Å². The number of hydrogen-bond acceptors (Lipinski definition) is 6. The van der Waals surface area contributed by atoms with Crippen LogP contribution in [0.5, 0.6) is 0 Å². The van der Waals surface area contributed by atoms with Crippen molar-refractivity contribution in [3.05, 3.63) is 53.9 Å². The van der Waals surface area contributed by atoms with E-state index in [1.165, 1.54) is 6.20 Å². The largest absolute Gasteiger partial charge is 0.355 e. The van der Waals surface area contributed by atoms with Crippen LogP contribution in [0.4, 0.5) is 0 Å². The molecule has 2 aromatic heterocycles. The summed E-state index contributed by atoms with van der Waals surface area (Å²) in [5, 5.41) is 5.87. The molecule has 2 aromatic rings. The molecule has 1 fully saturated rings.